The Morgan fingerprint density at radius 3 is 2.31 bits per heavy atom. The van der Waals surface area contributed by atoms with Crippen LogP contribution in [0.15, 0.2) is 18.2 Å². The van der Waals surface area contributed by atoms with E-state index in [1.54, 1.807) is 18.2 Å². The van der Waals surface area contributed by atoms with Crippen LogP contribution in [-0.4, -0.2) is 31.3 Å². The second-order valence-electron chi connectivity index (χ2n) is 5.58. The second-order valence-corrected chi connectivity index (χ2v) is 7.21. The lowest BCUT2D eigenvalue weighted by molar-refractivity contribution is 0.0592. The molecule has 138 valence electrons. The van der Waals surface area contributed by atoms with Crippen LogP contribution in [0.5, 0.6) is 0 Å². The summed E-state index contributed by atoms with van der Waals surface area (Å²) in [5.74, 6) is -0.842. The van der Waals surface area contributed by atoms with Gasteiger partial charge in [0.15, 0.2) is 5.11 Å². The maximum absolute atomic E-state index is 12.0. The topological polar surface area (TPSA) is 76.7 Å². The third-order valence-corrected chi connectivity index (χ3v) is 5.24. The Bertz CT molecular complexity index is 874. The first kappa shape index (κ1) is 19.9. The van der Waals surface area contributed by atoms with Crippen LogP contribution in [0.2, 0.25) is 0 Å². The molecule has 8 heteroatoms. The summed E-state index contributed by atoms with van der Waals surface area (Å²) in [4.78, 5) is 24.7. The van der Waals surface area contributed by atoms with Gasteiger partial charge in [-0.05, 0) is 56.2 Å². The van der Waals surface area contributed by atoms with E-state index in [0.717, 1.165) is 16.0 Å². The van der Waals surface area contributed by atoms with E-state index in [0.29, 0.717) is 26.9 Å². The molecule has 0 saturated heterocycles. The third kappa shape index (κ3) is 4.20. The summed E-state index contributed by atoms with van der Waals surface area (Å²) in [5.41, 5.74) is 3.33. The normalized spacial score (nSPS) is 10.2. The van der Waals surface area contributed by atoms with Crippen molar-refractivity contribution in [1.82, 2.24) is 0 Å². The van der Waals surface area contributed by atoms with Crippen LogP contribution >= 0.6 is 23.6 Å². The summed E-state index contributed by atoms with van der Waals surface area (Å²) in [6.07, 6.45) is 0. The number of methoxy groups -OCH3 is 2. The first-order valence-electron chi connectivity index (χ1n) is 7.73. The monoisotopic (exact) mass is 392 g/mol. The molecule has 2 aromatic rings. The number of esters is 2. The van der Waals surface area contributed by atoms with Gasteiger partial charge in [-0.1, -0.05) is 6.07 Å². The lowest BCUT2D eigenvalue weighted by Crippen LogP contribution is -2.21. The van der Waals surface area contributed by atoms with Crippen LogP contribution in [0.25, 0.3) is 0 Å². The number of aryl methyl sites for hydroxylation is 2. The van der Waals surface area contributed by atoms with Gasteiger partial charge in [-0.2, -0.15) is 0 Å². The molecule has 0 bridgehead atoms. The maximum atomic E-state index is 12.0. The predicted octanol–water partition coefficient (Wildman–Crippen LogP) is 4.06. The van der Waals surface area contributed by atoms with Gasteiger partial charge in [-0.15, -0.1) is 11.3 Å². The number of benzene rings is 1. The van der Waals surface area contributed by atoms with Gasteiger partial charge in [-0.3, -0.25) is 0 Å². The quantitative estimate of drug-likeness (QED) is 0.600. The number of anilines is 2. The van der Waals surface area contributed by atoms with Crippen molar-refractivity contribution >= 4 is 51.3 Å². The first-order valence-corrected chi connectivity index (χ1v) is 8.96. The van der Waals surface area contributed by atoms with Gasteiger partial charge in [0.05, 0.1) is 25.3 Å². The van der Waals surface area contributed by atoms with Crippen LogP contribution in [0.4, 0.5) is 10.7 Å². The van der Waals surface area contributed by atoms with Crippen LogP contribution in [-0.2, 0) is 9.47 Å². The van der Waals surface area contributed by atoms with Gasteiger partial charge in [0.25, 0.3) is 0 Å². The number of ether oxygens (including phenoxy) is 2. The highest BCUT2D eigenvalue weighted by atomic mass is 32.1. The van der Waals surface area contributed by atoms with Crippen LogP contribution < -0.4 is 10.6 Å². The van der Waals surface area contributed by atoms with E-state index < -0.39 is 11.9 Å². The van der Waals surface area contributed by atoms with E-state index in [-0.39, 0.29) is 0 Å². The molecule has 2 N–H and O–H groups in total. The predicted molar refractivity (Wildman–Crippen MR) is 107 cm³/mol. The fourth-order valence-corrected chi connectivity index (χ4v) is 3.65. The molecule has 0 fully saturated rings. The highest BCUT2D eigenvalue weighted by Gasteiger charge is 2.21. The number of thiocarbonyl (C=S) groups is 1. The zero-order valence-corrected chi connectivity index (χ0v) is 16.8. The highest BCUT2D eigenvalue weighted by molar-refractivity contribution is 7.80. The van der Waals surface area contributed by atoms with Crippen molar-refractivity contribution in [2.24, 2.45) is 0 Å². The number of nitrogens with one attached hydrogen (secondary N) is 2. The molecule has 0 unspecified atom stereocenters. The molecule has 0 aliphatic heterocycles. The fraction of sp³-hybridized carbons (Fsp3) is 0.278. The zero-order chi connectivity index (χ0) is 19.4. The third-order valence-electron chi connectivity index (χ3n) is 3.91. The maximum Gasteiger partial charge on any atom is 0.341 e. The van der Waals surface area contributed by atoms with E-state index in [9.17, 15) is 9.59 Å². The Kier molecular flexibility index (Phi) is 6.33. The summed E-state index contributed by atoms with van der Waals surface area (Å²) < 4.78 is 9.59. The van der Waals surface area contributed by atoms with Gasteiger partial charge < -0.3 is 20.1 Å². The van der Waals surface area contributed by atoms with E-state index in [4.69, 9.17) is 21.7 Å². The molecule has 0 spiro atoms. The van der Waals surface area contributed by atoms with Crippen LogP contribution in [0.3, 0.4) is 0 Å². The average Bonchev–Trinajstić information content (AvgIpc) is 2.89. The number of hydrogen-bond acceptors (Lipinski definition) is 6. The molecule has 0 aliphatic carbocycles. The van der Waals surface area contributed by atoms with Gasteiger partial charge in [0.1, 0.15) is 5.00 Å². The SMILES string of the molecule is COC(=O)c1ccc(C)c(NC(=S)Nc2sc(C)c(C)c2C(=O)OC)c1. The Morgan fingerprint density at radius 1 is 1.04 bits per heavy atom. The standard InChI is InChI=1S/C18H20N2O4S2/c1-9-6-7-12(16(21)23-4)8-13(9)19-18(25)20-15-14(17(22)24-5)10(2)11(3)26-15/h6-8H,1-5H3,(H2,19,20,25). The molecular formula is C18H20N2O4S2. The Morgan fingerprint density at radius 2 is 1.69 bits per heavy atom. The molecule has 1 aromatic heterocycles. The Balaban J connectivity index is 2.24. The van der Waals surface area contributed by atoms with E-state index >= 15 is 0 Å². The number of carbonyl (C=O) groups is 2. The van der Waals surface area contributed by atoms with Crippen molar-refractivity contribution in [2.75, 3.05) is 24.9 Å². The van der Waals surface area contributed by atoms with E-state index in [1.165, 1.54) is 25.6 Å². The Labute approximate surface area is 161 Å². The first-order chi connectivity index (χ1) is 12.3. The molecule has 1 aromatic carbocycles. The molecule has 6 nitrogen and oxygen atoms in total. The summed E-state index contributed by atoms with van der Waals surface area (Å²) in [6.45, 7) is 5.69. The molecule has 0 radical (unpaired) electrons. The van der Waals surface area contributed by atoms with Crippen molar-refractivity contribution in [3.8, 4) is 0 Å². The van der Waals surface area contributed by atoms with E-state index in [2.05, 4.69) is 10.6 Å². The van der Waals surface area contributed by atoms with Gasteiger partial charge in [-0.25, -0.2) is 9.59 Å². The molecule has 0 amide bonds. The van der Waals surface area contributed by atoms with Crippen LogP contribution in [0, 0.1) is 20.8 Å². The number of hydrogen-bond donors (Lipinski definition) is 2. The van der Waals surface area contributed by atoms with Crippen molar-refractivity contribution < 1.29 is 19.1 Å². The summed E-state index contributed by atoms with van der Waals surface area (Å²) in [6, 6.07) is 5.15. The molecular weight excluding hydrogens is 372 g/mol. The van der Waals surface area contributed by atoms with Crippen molar-refractivity contribution in [3.63, 3.8) is 0 Å². The van der Waals surface area contributed by atoms with Crippen molar-refractivity contribution in [3.05, 3.63) is 45.3 Å². The minimum atomic E-state index is -0.426. The van der Waals surface area contributed by atoms with Gasteiger partial charge in [0, 0.05) is 10.6 Å². The molecule has 26 heavy (non-hydrogen) atoms. The molecule has 1 heterocycles. The molecule has 0 saturated carbocycles. The van der Waals surface area contributed by atoms with E-state index in [1.807, 2.05) is 20.8 Å². The minimum absolute atomic E-state index is 0.307. The molecule has 2 rings (SSSR count). The minimum Gasteiger partial charge on any atom is -0.465 e. The molecule has 0 aliphatic rings. The summed E-state index contributed by atoms with van der Waals surface area (Å²) in [5, 5.41) is 7.03. The van der Waals surface area contributed by atoms with Crippen molar-refractivity contribution in [1.29, 1.82) is 0 Å². The van der Waals surface area contributed by atoms with Crippen molar-refractivity contribution in [2.45, 2.75) is 20.8 Å². The number of carbonyl (C=O) groups excluding carboxylic acids is 2. The zero-order valence-electron chi connectivity index (χ0n) is 15.2. The van der Waals surface area contributed by atoms with Gasteiger partial charge >= 0.3 is 11.9 Å². The van der Waals surface area contributed by atoms with Gasteiger partial charge in [0.2, 0.25) is 0 Å². The molecule has 0 atom stereocenters. The largest absolute Gasteiger partial charge is 0.465 e. The second kappa shape index (κ2) is 8.29. The lowest BCUT2D eigenvalue weighted by Gasteiger charge is -2.13. The number of thiophene rings is 1. The Hall–Kier alpha value is -2.45. The average molecular weight is 393 g/mol. The fourth-order valence-electron chi connectivity index (χ4n) is 2.32. The van der Waals surface area contributed by atoms with Crippen LogP contribution in [0.1, 0.15) is 36.7 Å². The lowest BCUT2D eigenvalue weighted by atomic mass is 10.1. The smallest absolute Gasteiger partial charge is 0.341 e. The highest BCUT2D eigenvalue weighted by Crippen LogP contribution is 2.33. The number of rotatable bonds is 4. The summed E-state index contributed by atoms with van der Waals surface area (Å²) in [7, 11) is 2.67. The summed E-state index contributed by atoms with van der Waals surface area (Å²) >= 11 is 6.79.